The second-order valence-electron chi connectivity index (χ2n) is 5.67. The number of aromatic nitrogens is 4. The van der Waals surface area contributed by atoms with Crippen molar-refractivity contribution in [2.24, 2.45) is 0 Å². The number of nitrogens with zero attached hydrogens (tertiary/aromatic N) is 5. The molecule has 124 valence electrons. The van der Waals surface area contributed by atoms with E-state index >= 15 is 0 Å². The Labute approximate surface area is 148 Å². The molecule has 0 spiro atoms. The van der Waals surface area contributed by atoms with Gasteiger partial charge in [0.05, 0.1) is 10.6 Å². The predicted molar refractivity (Wildman–Crippen MR) is 100 cm³/mol. The number of anilines is 1. The summed E-state index contributed by atoms with van der Waals surface area (Å²) in [4.78, 5) is 12.2. The van der Waals surface area contributed by atoms with Crippen LogP contribution < -0.4 is 4.90 Å². The van der Waals surface area contributed by atoms with Gasteiger partial charge in [0.15, 0.2) is 0 Å². The zero-order valence-electron chi connectivity index (χ0n) is 13.7. The van der Waals surface area contributed by atoms with Crippen molar-refractivity contribution in [2.75, 3.05) is 19.0 Å². The molecule has 0 aliphatic rings. The highest BCUT2D eigenvalue weighted by molar-refractivity contribution is 7.13. The van der Waals surface area contributed by atoms with Crippen LogP contribution in [0.15, 0.2) is 46.4 Å². The monoisotopic (exact) mass is 349 g/mol. The van der Waals surface area contributed by atoms with Crippen molar-refractivity contribution in [3.63, 3.8) is 0 Å². The van der Waals surface area contributed by atoms with Crippen LogP contribution in [0.4, 0.5) is 5.69 Å². The lowest BCUT2D eigenvalue weighted by atomic mass is 10.1. The predicted octanol–water partition coefficient (Wildman–Crippen LogP) is 3.98. The van der Waals surface area contributed by atoms with Crippen molar-refractivity contribution in [3.8, 4) is 10.6 Å². The normalized spacial score (nSPS) is 11.4. The molecule has 0 unspecified atom stereocenters. The van der Waals surface area contributed by atoms with Crippen molar-refractivity contribution >= 4 is 40.5 Å². The molecule has 0 amide bonds. The third-order valence-corrected chi connectivity index (χ3v) is 4.62. The summed E-state index contributed by atoms with van der Waals surface area (Å²) in [6.45, 7) is 0. The first kappa shape index (κ1) is 15.5. The van der Waals surface area contributed by atoms with E-state index in [9.17, 15) is 0 Å². The summed E-state index contributed by atoms with van der Waals surface area (Å²) >= 11 is 1.61. The number of thiophene rings is 1. The Hall–Kier alpha value is -3.06. The fourth-order valence-corrected chi connectivity index (χ4v) is 3.14. The van der Waals surface area contributed by atoms with E-state index in [2.05, 4.69) is 49.4 Å². The highest BCUT2D eigenvalue weighted by Crippen LogP contribution is 2.28. The van der Waals surface area contributed by atoms with Crippen LogP contribution in [-0.2, 0) is 0 Å². The van der Waals surface area contributed by atoms with Gasteiger partial charge in [-0.25, -0.2) is 14.6 Å². The van der Waals surface area contributed by atoms with Crippen molar-refractivity contribution < 1.29 is 4.63 Å². The number of hydrogen-bond acceptors (Lipinski definition) is 7. The topological polar surface area (TPSA) is 67.9 Å². The minimum Gasteiger partial charge on any atom is -0.378 e. The standard InChI is InChI=1S/C18H15N5OS/c1-23(2)13-8-5-12(6-9-13)7-10-14-16(15-4-3-11-25-15)20-18-17(19-14)21-24-22-18/h3-11H,1-2H3/b10-7+. The molecular formula is C18H15N5OS. The molecular weight excluding hydrogens is 334 g/mol. The highest BCUT2D eigenvalue weighted by atomic mass is 32.1. The van der Waals surface area contributed by atoms with Crippen LogP contribution >= 0.6 is 11.3 Å². The molecule has 7 heteroatoms. The van der Waals surface area contributed by atoms with Gasteiger partial charge >= 0.3 is 0 Å². The molecule has 0 bridgehead atoms. The first-order valence-electron chi connectivity index (χ1n) is 7.70. The van der Waals surface area contributed by atoms with Gasteiger partial charge in [-0.2, -0.15) is 0 Å². The van der Waals surface area contributed by atoms with Gasteiger partial charge in [-0.3, -0.25) is 0 Å². The van der Waals surface area contributed by atoms with Crippen LogP contribution in [0.3, 0.4) is 0 Å². The Bertz CT molecular complexity index is 1020. The number of hydrogen-bond donors (Lipinski definition) is 0. The molecule has 0 radical (unpaired) electrons. The summed E-state index contributed by atoms with van der Waals surface area (Å²) in [5, 5.41) is 9.59. The lowest BCUT2D eigenvalue weighted by molar-refractivity contribution is 0.314. The van der Waals surface area contributed by atoms with Gasteiger partial charge < -0.3 is 4.90 Å². The minimum absolute atomic E-state index is 0.405. The van der Waals surface area contributed by atoms with Crippen LogP contribution in [0.25, 0.3) is 34.0 Å². The number of fused-ring (bicyclic) bond motifs is 1. The SMILES string of the molecule is CN(C)c1ccc(/C=C/c2nc3nonc3nc2-c2cccs2)cc1. The van der Waals surface area contributed by atoms with E-state index in [1.807, 2.05) is 43.8 Å². The maximum atomic E-state index is 4.74. The van der Waals surface area contributed by atoms with Gasteiger partial charge in [-0.1, -0.05) is 24.3 Å². The molecule has 25 heavy (non-hydrogen) atoms. The third-order valence-electron chi connectivity index (χ3n) is 3.74. The summed E-state index contributed by atoms with van der Waals surface area (Å²) in [5.74, 6) is 0. The lowest BCUT2D eigenvalue weighted by Crippen LogP contribution is -2.07. The Morgan fingerprint density at radius 3 is 2.40 bits per heavy atom. The molecule has 0 atom stereocenters. The summed E-state index contributed by atoms with van der Waals surface area (Å²) in [7, 11) is 4.05. The van der Waals surface area contributed by atoms with Crippen molar-refractivity contribution in [3.05, 3.63) is 53.0 Å². The zero-order valence-corrected chi connectivity index (χ0v) is 14.6. The Morgan fingerprint density at radius 2 is 1.72 bits per heavy atom. The molecule has 0 aliphatic heterocycles. The van der Waals surface area contributed by atoms with E-state index < -0.39 is 0 Å². The Kier molecular flexibility index (Phi) is 3.99. The molecule has 6 nitrogen and oxygen atoms in total. The number of rotatable bonds is 4. The van der Waals surface area contributed by atoms with E-state index in [1.165, 1.54) is 0 Å². The molecule has 4 aromatic rings. The van der Waals surface area contributed by atoms with Crippen molar-refractivity contribution in [2.45, 2.75) is 0 Å². The van der Waals surface area contributed by atoms with Crippen LogP contribution in [0.5, 0.6) is 0 Å². The number of benzene rings is 1. The van der Waals surface area contributed by atoms with E-state index in [1.54, 1.807) is 11.3 Å². The summed E-state index contributed by atoms with van der Waals surface area (Å²) in [6.07, 6.45) is 3.96. The van der Waals surface area contributed by atoms with Gasteiger partial charge in [0.1, 0.15) is 5.69 Å². The molecule has 0 fully saturated rings. The Balaban J connectivity index is 1.73. The van der Waals surface area contributed by atoms with E-state index in [-0.39, 0.29) is 0 Å². The smallest absolute Gasteiger partial charge is 0.244 e. The van der Waals surface area contributed by atoms with E-state index in [0.717, 1.165) is 27.5 Å². The largest absolute Gasteiger partial charge is 0.378 e. The first-order valence-corrected chi connectivity index (χ1v) is 8.58. The first-order chi connectivity index (χ1) is 12.2. The van der Waals surface area contributed by atoms with E-state index in [4.69, 9.17) is 4.63 Å². The van der Waals surface area contributed by atoms with Crippen LogP contribution in [0.1, 0.15) is 11.3 Å². The van der Waals surface area contributed by atoms with Gasteiger partial charge in [0.2, 0.25) is 11.3 Å². The minimum atomic E-state index is 0.405. The quantitative estimate of drug-likeness (QED) is 0.555. The van der Waals surface area contributed by atoms with Crippen LogP contribution in [0, 0.1) is 0 Å². The zero-order chi connectivity index (χ0) is 17.2. The van der Waals surface area contributed by atoms with Gasteiger partial charge in [0, 0.05) is 19.8 Å². The van der Waals surface area contributed by atoms with Crippen molar-refractivity contribution in [1.29, 1.82) is 0 Å². The van der Waals surface area contributed by atoms with Crippen molar-refractivity contribution in [1.82, 2.24) is 20.3 Å². The van der Waals surface area contributed by atoms with Gasteiger partial charge in [0.25, 0.3) is 0 Å². The summed E-state index contributed by atoms with van der Waals surface area (Å²) in [5.41, 5.74) is 4.58. The van der Waals surface area contributed by atoms with Gasteiger partial charge in [-0.15, -0.1) is 11.3 Å². The molecule has 0 N–H and O–H groups in total. The summed E-state index contributed by atoms with van der Waals surface area (Å²) in [6, 6.07) is 12.3. The summed E-state index contributed by atoms with van der Waals surface area (Å²) < 4.78 is 4.74. The Morgan fingerprint density at radius 1 is 0.960 bits per heavy atom. The average Bonchev–Trinajstić information content (AvgIpc) is 3.30. The second kappa shape index (κ2) is 6.45. The fraction of sp³-hybridized carbons (Fsp3) is 0.111. The maximum absolute atomic E-state index is 4.74. The molecule has 0 saturated heterocycles. The molecule has 3 aromatic heterocycles. The van der Waals surface area contributed by atoms with Crippen LogP contribution in [0.2, 0.25) is 0 Å². The molecule has 3 heterocycles. The third kappa shape index (κ3) is 3.14. The maximum Gasteiger partial charge on any atom is 0.244 e. The molecule has 0 saturated carbocycles. The molecule has 0 aliphatic carbocycles. The molecule has 4 rings (SSSR count). The van der Waals surface area contributed by atoms with Crippen LogP contribution in [-0.4, -0.2) is 34.4 Å². The second-order valence-corrected chi connectivity index (χ2v) is 6.61. The highest BCUT2D eigenvalue weighted by Gasteiger charge is 2.13. The molecule has 1 aromatic carbocycles. The lowest BCUT2D eigenvalue weighted by Gasteiger charge is -2.11. The average molecular weight is 349 g/mol. The van der Waals surface area contributed by atoms with Gasteiger partial charge in [-0.05, 0) is 45.5 Å². The fourth-order valence-electron chi connectivity index (χ4n) is 2.42. The van der Waals surface area contributed by atoms with E-state index in [0.29, 0.717) is 11.3 Å².